The van der Waals surface area contributed by atoms with Crippen molar-refractivity contribution in [2.75, 3.05) is 12.4 Å². The van der Waals surface area contributed by atoms with Crippen molar-refractivity contribution in [3.63, 3.8) is 0 Å². The summed E-state index contributed by atoms with van der Waals surface area (Å²) in [6.45, 7) is 4.20. The Labute approximate surface area is 101 Å². The third-order valence-electron chi connectivity index (χ3n) is 2.50. The van der Waals surface area contributed by atoms with E-state index < -0.39 is 0 Å². The molecule has 0 aliphatic rings. The molecule has 0 atom stereocenters. The van der Waals surface area contributed by atoms with E-state index in [1.54, 1.807) is 0 Å². The van der Waals surface area contributed by atoms with E-state index in [1.165, 1.54) is 17.3 Å². The molecule has 0 radical (unpaired) electrons. The van der Waals surface area contributed by atoms with Crippen LogP contribution in [0.4, 0.5) is 0 Å². The van der Waals surface area contributed by atoms with Crippen molar-refractivity contribution in [2.45, 2.75) is 25.7 Å². The molecular formula is C13H18O2S. The number of aliphatic hydroxyl groups is 1. The van der Waals surface area contributed by atoms with E-state index in [-0.39, 0.29) is 17.1 Å². The molecule has 3 heteroatoms. The Balaban J connectivity index is 2.61. The molecule has 1 rings (SSSR count). The van der Waals surface area contributed by atoms with Crippen molar-refractivity contribution in [3.8, 4) is 0 Å². The first-order valence-electron chi connectivity index (χ1n) is 5.38. The largest absolute Gasteiger partial charge is 0.396 e. The number of hydrogen-bond acceptors (Lipinski definition) is 3. The minimum absolute atomic E-state index is 0.0577. The Hall–Kier alpha value is -0.800. The monoisotopic (exact) mass is 238 g/mol. The highest BCUT2D eigenvalue weighted by Gasteiger charge is 2.23. The predicted molar refractivity (Wildman–Crippen MR) is 68.6 cm³/mol. The molecule has 0 aliphatic heterocycles. The van der Waals surface area contributed by atoms with E-state index in [9.17, 15) is 4.79 Å². The second-order valence-corrected chi connectivity index (χ2v) is 5.52. The van der Waals surface area contributed by atoms with Crippen LogP contribution in [0.1, 0.15) is 25.8 Å². The van der Waals surface area contributed by atoms with Gasteiger partial charge in [0.2, 0.25) is 0 Å². The van der Waals surface area contributed by atoms with Crippen LogP contribution in [0.2, 0.25) is 0 Å². The molecule has 2 nitrogen and oxygen atoms in total. The van der Waals surface area contributed by atoms with E-state index in [2.05, 4.69) is 13.8 Å². The first-order valence-corrected chi connectivity index (χ1v) is 6.37. The van der Waals surface area contributed by atoms with Gasteiger partial charge in [0.1, 0.15) is 0 Å². The minimum atomic E-state index is -0.138. The third-order valence-corrected chi connectivity index (χ3v) is 3.35. The fourth-order valence-corrected chi connectivity index (χ4v) is 2.34. The summed E-state index contributed by atoms with van der Waals surface area (Å²) in [6.07, 6.45) is 0.502. The van der Waals surface area contributed by atoms with Crippen LogP contribution in [0, 0.1) is 0 Å². The average molecular weight is 238 g/mol. The minimum Gasteiger partial charge on any atom is -0.396 e. The van der Waals surface area contributed by atoms with Crippen molar-refractivity contribution in [2.24, 2.45) is 0 Å². The topological polar surface area (TPSA) is 37.3 Å². The summed E-state index contributed by atoms with van der Waals surface area (Å²) in [6, 6.07) is 10.0. The molecule has 0 spiro atoms. The molecular weight excluding hydrogens is 220 g/mol. The van der Waals surface area contributed by atoms with Crippen LogP contribution in [0.5, 0.6) is 0 Å². The molecule has 1 aromatic rings. The highest BCUT2D eigenvalue weighted by atomic mass is 32.2. The van der Waals surface area contributed by atoms with E-state index in [0.29, 0.717) is 12.2 Å². The molecule has 0 aliphatic carbocycles. The average Bonchev–Trinajstić information content (AvgIpc) is 2.27. The van der Waals surface area contributed by atoms with Crippen LogP contribution < -0.4 is 0 Å². The maximum absolute atomic E-state index is 11.6. The Kier molecular flexibility index (Phi) is 5.03. The Morgan fingerprint density at radius 3 is 2.50 bits per heavy atom. The zero-order chi connectivity index (χ0) is 12.0. The van der Waals surface area contributed by atoms with E-state index in [1.807, 2.05) is 30.3 Å². The molecule has 88 valence electrons. The SMILES string of the molecule is CC(C)(CC(=O)SCCO)c1ccccc1. The van der Waals surface area contributed by atoms with Gasteiger partial charge in [-0.2, -0.15) is 0 Å². The molecule has 0 fully saturated rings. The van der Waals surface area contributed by atoms with Crippen molar-refractivity contribution in [3.05, 3.63) is 35.9 Å². The van der Waals surface area contributed by atoms with Crippen LogP contribution in [-0.4, -0.2) is 22.6 Å². The normalized spacial score (nSPS) is 11.4. The number of thioether (sulfide) groups is 1. The second kappa shape index (κ2) is 6.06. The van der Waals surface area contributed by atoms with Crippen molar-refractivity contribution in [1.29, 1.82) is 0 Å². The van der Waals surface area contributed by atoms with E-state index in [0.717, 1.165) is 0 Å². The first-order chi connectivity index (χ1) is 7.56. The van der Waals surface area contributed by atoms with Crippen LogP contribution in [0.15, 0.2) is 30.3 Å². The summed E-state index contributed by atoms with van der Waals surface area (Å²) in [7, 11) is 0. The van der Waals surface area contributed by atoms with Gasteiger partial charge in [0.15, 0.2) is 5.12 Å². The molecule has 16 heavy (non-hydrogen) atoms. The summed E-state index contributed by atoms with van der Waals surface area (Å²) < 4.78 is 0. The van der Waals surface area contributed by atoms with Gasteiger partial charge in [-0.25, -0.2) is 0 Å². The number of aliphatic hydroxyl groups excluding tert-OH is 1. The summed E-state index contributed by atoms with van der Waals surface area (Å²) in [5, 5.41) is 8.80. The lowest BCUT2D eigenvalue weighted by Crippen LogP contribution is -2.20. The van der Waals surface area contributed by atoms with Gasteiger partial charge >= 0.3 is 0 Å². The number of hydrogen-bond donors (Lipinski definition) is 1. The van der Waals surface area contributed by atoms with Gasteiger partial charge < -0.3 is 5.11 Å². The van der Waals surface area contributed by atoms with Gasteiger partial charge in [-0.05, 0) is 11.0 Å². The number of carbonyl (C=O) groups is 1. The van der Waals surface area contributed by atoms with Gasteiger partial charge in [0.25, 0.3) is 0 Å². The van der Waals surface area contributed by atoms with E-state index in [4.69, 9.17) is 5.11 Å². The van der Waals surface area contributed by atoms with Gasteiger partial charge in [0, 0.05) is 12.2 Å². The summed E-state index contributed by atoms with van der Waals surface area (Å²) in [5.41, 5.74) is 1.04. The van der Waals surface area contributed by atoms with Gasteiger partial charge in [0.05, 0.1) is 6.61 Å². The molecule has 0 amide bonds. The zero-order valence-electron chi connectivity index (χ0n) is 9.77. The van der Waals surface area contributed by atoms with Crippen molar-refractivity contribution >= 4 is 16.9 Å². The van der Waals surface area contributed by atoms with Gasteiger partial charge in [-0.3, -0.25) is 4.79 Å². The smallest absolute Gasteiger partial charge is 0.189 e. The molecule has 0 unspecified atom stereocenters. The maximum atomic E-state index is 11.6. The molecule has 0 bridgehead atoms. The summed E-state index contributed by atoms with van der Waals surface area (Å²) in [4.78, 5) is 11.6. The lowest BCUT2D eigenvalue weighted by Gasteiger charge is -2.24. The molecule has 0 saturated heterocycles. The number of carbonyl (C=O) groups excluding carboxylic acids is 1. The maximum Gasteiger partial charge on any atom is 0.189 e. The van der Waals surface area contributed by atoms with E-state index >= 15 is 0 Å². The Bertz CT molecular complexity index is 333. The number of benzene rings is 1. The van der Waals surface area contributed by atoms with Crippen LogP contribution in [0.25, 0.3) is 0 Å². The number of rotatable bonds is 5. The predicted octanol–water partition coefficient (Wildman–Crippen LogP) is 2.61. The van der Waals surface area contributed by atoms with Crippen molar-refractivity contribution in [1.82, 2.24) is 0 Å². The lowest BCUT2D eigenvalue weighted by atomic mass is 9.82. The lowest BCUT2D eigenvalue weighted by molar-refractivity contribution is -0.111. The van der Waals surface area contributed by atoms with Crippen LogP contribution in [-0.2, 0) is 10.2 Å². The molecule has 0 heterocycles. The summed E-state index contributed by atoms with van der Waals surface area (Å²) >= 11 is 1.21. The first kappa shape index (κ1) is 13.3. The fraction of sp³-hybridized carbons (Fsp3) is 0.462. The Morgan fingerprint density at radius 2 is 1.94 bits per heavy atom. The Morgan fingerprint density at radius 1 is 1.31 bits per heavy atom. The molecule has 0 saturated carbocycles. The quantitative estimate of drug-likeness (QED) is 0.856. The molecule has 1 aromatic carbocycles. The third kappa shape index (κ3) is 3.99. The van der Waals surface area contributed by atoms with Crippen LogP contribution >= 0.6 is 11.8 Å². The van der Waals surface area contributed by atoms with Gasteiger partial charge in [-0.1, -0.05) is 55.9 Å². The van der Waals surface area contributed by atoms with Crippen LogP contribution in [0.3, 0.4) is 0 Å². The molecule has 1 N–H and O–H groups in total. The highest BCUT2D eigenvalue weighted by Crippen LogP contribution is 2.28. The zero-order valence-corrected chi connectivity index (χ0v) is 10.6. The van der Waals surface area contributed by atoms with Crippen molar-refractivity contribution < 1.29 is 9.90 Å². The summed E-state index contributed by atoms with van der Waals surface area (Å²) in [5.74, 6) is 0.490. The highest BCUT2D eigenvalue weighted by molar-refractivity contribution is 8.13. The van der Waals surface area contributed by atoms with Gasteiger partial charge in [-0.15, -0.1) is 0 Å². The second-order valence-electron chi connectivity index (χ2n) is 4.37. The fourth-order valence-electron chi connectivity index (χ4n) is 1.56. The molecule has 0 aromatic heterocycles. The standard InChI is InChI=1S/C13H18O2S/c1-13(2,10-12(15)16-9-8-14)11-6-4-3-5-7-11/h3-7,14H,8-10H2,1-2H3.